The molecule has 0 aliphatic carbocycles. The first-order valence-corrected chi connectivity index (χ1v) is 8.58. The highest BCUT2D eigenvalue weighted by molar-refractivity contribution is 6.30. The van der Waals surface area contributed by atoms with Gasteiger partial charge in [-0.3, -0.25) is 0 Å². The normalized spacial score (nSPS) is 14.8. The largest absolute Gasteiger partial charge is 0.460 e. The summed E-state index contributed by atoms with van der Waals surface area (Å²) in [7, 11) is 0. The minimum atomic E-state index is 0.133. The fraction of sp³-hybridized carbons (Fsp3) is 0.333. The van der Waals surface area contributed by atoms with E-state index in [1.54, 1.807) is 0 Å². The maximum atomic E-state index is 5.92. The van der Waals surface area contributed by atoms with E-state index in [4.69, 9.17) is 16.0 Å². The molecule has 2 aromatic heterocycles. The van der Waals surface area contributed by atoms with Crippen LogP contribution in [0.1, 0.15) is 36.8 Å². The topological polar surface area (TPSA) is 55.9 Å². The van der Waals surface area contributed by atoms with Gasteiger partial charge in [-0.05, 0) is 49.7 Å². The van der Waals surface area contributed by atoms with Crippen LogP contribution in [-0.4, -0.2) is 14.8 Å². The van der Waals surface area contributed by atoms with Gasteiger partial charge in [0.2, 0.25) is 0 Å². The monoisotopic (exact) mass is 342 g/mol. The van der Waals surface area contributed by atoms with Crippen LogP contribution in [-0.2, 0) is 19.5 Å². The molecule has 3 aromatic rings. The molecule has 3 heterocycles. The van der Waals surface area contributed by atoms with Crippen molar-refractivity contribution in [3.05, 3.63) is 58.8 Å². The molecule has 4 rings (SSSR count). The zero-order valence-electron chi connectivity index (χ0n) is 13.5. The minimum absolute atomic E-state index is 0.133. The maximum absolute atomic E-state index is 5.92. The van der Waals surface area contributed by atoms with Crippen molar-refractivity contribution in [3.8, 4) is 11.3 Å². The summed E-state index contributed by atoms with van der Waals surface area (Å²) in [5, 5.41) is 12.8. The average Bonchev–Trinajstić information content (AvgIpc) is 3.30. The molecule has 1 N–H and O–H groups in total. The molecule has 0 spiro atoms. The summed E-state index contributed by atoms with van der Waals surface area (Å²) in [6.45, 7) is 3.78. The lowest BCUT2D eigenvalue weighted by Crippen LogP contribution is -2.21. The first-order valence-electron chi connectivity index (χ1n) is 8.21. The highest BCUT2D eigenvalue weighted by Gasteiger charge is 2.21. The predicted molar refractivity (Wildman–Crippen MR) is 92.8 cm³/mol. The minimum Gasteiger partial charge on any atom is -0.460 e. The number of hydrogen-bond donors (Lipinski definition) is 1. The van der Waals surface area contributed by atoms with Gasteiger partial charge in [-0.25, -0.2) is 0 Å². The van der Waals surface area contributed by atoms with Gasteiger partial charge >= 0.3 is 0 Å². The third-order valence-electron chi connectivity index (χ3n) is 4.40. The molecule has 0 radical (unpaired) electrons. The van der Waals surface area contributed by atoms with Crippen molar-refractivity contribution in [2.24, 2.45) is 0 Å². The van der Waals surface area contributed by atoms with Crippen LogP contribution in [0.4, 0.5) is 0 Å². The van der Waals surface area contributed by atoms with E-state index in [1.807, 2.05) is 36.4 Å². The molecular formula is C18H19ClN4O. The van der Waals surface area contributed by atoms with Gasteiger partial charge in [0, 0.05) is 23.6 Å². The summed E-state index contributed by atoms with van der Waals surface area (Å²) in [4.78, 5) is 0. The SMILES string of the molecule is C[C@@H](NCc1ccc(-c2ccc(Cl)cc2)o1)c1nnc2n1CCC2. The molecule has 0 fully saturated rings. The summed E-state index contributed by atoms with van der Waals surface area (Å²) in [6, 6.07) is 11.8. The fourth-order valence-corrected chi connectivity index (χ4v) is 3.21. The molecule has 0 saturated heterocycles. The second kappa shape index (κ2) is 6.42. The smallest absolute Gasteiger partial charge is 0.149 e. The van der Waals surface area contributed by atoms with Gasteiger partial charge in [-0.15, -0.1) is 10.2 Å². The highest BCUT2D eigenvalue weighted by Crippen LogP contribution is 2.24. The van der Waals surface area contributed by atoms with E-state index in [0.29, 0.717) is 6.54 Å². The van der Waals surface area contributed by atoms with Crippen LogP contribution in [0.5, 0.6) is 0 Å². The lowest BCUT2D eigenvalue weighted by atomic mass is 10.2. The second-order valence-corrected chi connectivity index (χ2v) is 6.54. The van der Waals surface area contributed by atoms with Crippen molar-refractivity contribution in [2.75, 3.05) is 0 Å². The Balaban J connectivity index is 1.42. The number of nitrogens with zero attached hydrogens (tertiary/aromatic N) is 3. The molecule has 0 amide bonds. The first-order chi connectivity index (χ1) is 11.7. The predicted octanol–water partition coefficient (Wildman–Crippen LogP) is 3.99. The third kappa shape index (κ3) is 2.97. The zero-order chi connectivity index (χ0) is 16.5. The molecule has 1 aliphatic rings. The number of nitrogens with one attached hydrogen (secondary N) is 1. The third-order valence-corrected chi connectivity index (χ3v) is 4.65. The van der Waals surface area contributed by atoms with Crippen LogP contribution in [0, 0.1) is 0 Å². The van der Waals surface area contributed by atoms with Crippen LogP contribution >= 0.6 is 11.6 Å². The number of furan rings is 1. The van der Waals surface area contributed by atoms with E-state index >= 15 is 0 Å². The van der Waals surface area contributed by atoms with Crippen molar-refractivity contribution in [2.45, 2.75) is 38.9 Å². The molecule has 6 heteroatoms. The molecular weight excluding hydrogens is 324 g/mol. The number of fused-ring (bicyclic) bond motifs is 1. The summed E-state index contributed by atoms with van der Waals surface area (Å²) in [5.74, 6) is 3.85. The van der Waals surface area contributed by atoms with Gasteiger partial charge in [0.1, 0.15) is 23.2 Å². The summed E-state index contributed by atoms with van der Waals surface area (Å²) >= 11 is 5.92. The lowest BCUT2D eigenvalue weighted by molar-refractivity contribution is 0.451. The number of halogens is 1. The van der Waals surface area contributed by atoms with E-state index in [9.17, 15) is 0 Å². The summed E-state index contributed by atoms with van der Waals surface area (Å²) < 4.78 is 8.14. The van der Waals surface area contributed by atoms with Crippen molar-refractivity contribution in [1.29, 1.82) is 0 Å². The van der Waals surface area contributed by atoms with E-state index in [2.05, 4.69) is 27.0 Å². The molecule has 0 unspecified atom stereocenters. The average molecular weight is 343 g/mol. The summed E-state index contributed by atoms with van der Waals surface area (Å²) in [5.41, 5.74) is 1.02. The maximum Gasteiger partial charge on any atom is 0.149 e. The van der Waals surface area contributed by atoms with Crippen LogP contribution in [0.25, 0.3) is 11.3 Å². The number of benzene rings is 1. The van der Waals surface area contributed by atoms with Crippen molar-refractivity contribution in [1.82, 2.24) is 20.1 Å². The Morgan fingerprint density at radius 1 is 1.21 bits per heavy atom. The Labute approximate surface area is 145 Å². The standard InChI is InChI=1S/C18H19ClN4O/c1-12(18-22-21-17-3-2-10-23(17)18)20-11-15-8-9-16(24-15)13-4-6-14(19)7-5-13/h4-9,12,20H,2-3,10-11H2,1H3/t12-/m1/s1. The molecule has 24 heavy (non-hydrogen) atoms. The van der Waals surface area contributed by atoms with Crippen molar-refractivity contribution in [3.63, 3.8) is 0 Å². The Hall–Kier alpha value is -2.11. The molecule has 1 aliphatic heterocycles. The van der Waals surface area contributed by atoms with Crippen molar-refractivity contribution >= 4 is 11.6 Å². The number of aromatic nitrogens is 3. The molecule has 1 atom stereocenters. The fourth-order valence-electron chi connectivity index (χ4n) is 3.08. The molecule has 0 bridgehead atoms. The number of aryl methyl sites for hydroxylation is 1. The summed E-state index contributed by atoms with van der Waals surface area (Å²) in [6.07, 6.45) is 2.19. The molecule has 5 nitrogen and oxygen atoms in total. The zero-order valence-corrected chi connectivity index (χ0v) is 14.3. The van der Waals surface area contributed by atoms with E-state index in [1.165, 1.54) is 0 Å². The van der Waals surface area contributed by atoms with Crippen LogP contribution in [0.3, 0.4) is 0 Å². The molecule has 1 aromatic carbocycles. The molecule has 124 valence electrons. The van der Waals surface area contributed by atoms with Gasteiger partial charge in [0.15, 0.2) is 0 Å². The van der Waals surface area contributed by atoms with Crippen LogP contribution in [0.15, 0.2) is 40.8 Å². The van der Waals surface area contributed by atoms with Gasteiger partial charge in [-0.2, -0.15) is 0 Å². The van der Waals surface area contributed by atoms with E-state index < -0.39 is 0 Å². The Morgan fingerprint density at radius 2 is 2.04 bits per heavy atom. The van der Waals surface area contributed by atoms with E-state index in [0.717, 1.165) is 53.1 Å². The van der Waals surface area contributed by atoms with Crippen LogP contribution in [0.2, 0.25) is 5.02 Å². The number of rotatable bonds is 5. The van der Waals surface area contributed by atoms with Gasteiger partial charge in [0.05, 0.1) is 12.6 Å². The van der Waals surface area contributed by atoms with Gasteiger partial charge in [0.25, 0.3) is 0 Å². The Bertz CT molecular complexity index is 837. The number of hydrogen-bond acceptors (Lipinski definition) is 4. The molecule has 0 saturated carbocycles. The van der Waals surface area contributed by atoms with Crippen LogP contribution < -0.4 is 5.32 Å². The van der Waals surface area contributed by atoms with Gasteiger partial charge in [-0.1, -0.05) is 11.6 Å². The Morgan fingerprint density at radius 3 is 2.88 bits per heavy atom. The quantitative estimate of drug-likeness (QED) is 0.761. The Kier molecular flexibility index (Phi) is 4.12. The van der Waals surface area contributed by atoms with Crippen molar-refractivity contribution < 1.29 is 4.42 Å². The first kappa shape index (κ1) is 15.4. The second-order valence-electron chi connectivity index (χ2n) is 6.11. The van der Waals surface area contributed by atoms with E-state index in [-0.39, 0.29) is 6.04 Å². The lowest BCUT2D eigenvalue weighted by Gasteiger charge is -2.12. The highest BCUT2D eigenvalue weighted by atomic mass is 35.5. The van der Waals surface area contributed by atoms with Gasteiger partial charge < -0.3 is 14.3 Å².